The molecule has 0 aliphatic carbocycles. The van der Waals surface area contributed by atoms with Crippen molar-refractivity contribution in [3.8, 4) is 5.75 Å². The van der Waals surface area contributed by atoms with E-state index in [1.54, 1.807) is 0 Å². The summed E-state index contributed by atoms with van der Waals surface area (Å²) in [6, 6.07) is 6.49. The molecule has 5 heteroatoms. The average Bonchev–Trinajstić information content (AvgIpc) is 2.81. The Morgan fingerprint density at radius 3 is 3.05 bits per heavy atom. The third-order valence-corrected chi connectivity index (χ3v) is 3.85. The van der Waals surface area contributed by atoms with Crippen LogP contribution in [0.15, 0.2) is 18.2 Å². The summed E-state index contributed by atoms with van der Waals surface area (Å²) in [5.41, 5.74) is 2.42. The minimum absolute atomic E-state index is 0.235. The molecule has 0 unspecified atom stereocenters. The van der Waals surface area contributed by atoms with Gasteiger partial charge in [0.1, 0.15) is 5.75 Å². The number of aliphatic hydroxyl groups is 1. The molecule has 1 saturated heterocycles. The van der Waals surface area contributed by atoms with Gasteiger partial charge in [0.15, 0.2) is 0 Å². The molecule has 22 heavy (non-hydrogen) atoms. The second kappa shape index (κ2) is 9.66. The minimum Gasteiger partial charge on any atom is -0.492 e. The summed E-state index contributed by atoms with van der Waals surface area (Å²) < 4.78 is 5.87. The smallest absolute Gasteiger partial charge is 0.142 e. The minimum atomic E-state index is 0.235. The van der Waals surface area contributed by atoms with Crippen LogP contribution in [-0.2, 0) is 6.54 Å². The molecule has 0 spiro atoms. The Morgan fingerprint density at radius 1 is 1.32 bits per heavy atom. The maximum atomic E-state index is 8.81. The number of ether oxygens (including phenoxy) is 1. The summed E-state index contributed by atoms with van der Waals surface area (Å²) in [5.74, 6) is 0.978. The number of rotatable bonds is 8. The Bertz CT molecular complexity index is 432. The Balaban J connectivity index is 2.05. The summed E-state index contributed by atoms with van der Waals surface area (Å²) in [4.78, 5) is 2.41. The van der Waals surface area contributed by atoms with E-state index in [0.29, 0.717) is 6.61 Å². The fraction of sp³-hybridized carbons (Fsp3) is 0.647. The van der Waals surface area contributed by atoms with Gasteiger partial charge in [-0.15, -0.1) is 0 Å². The van der Waals surface area contributed by atoms with Crippen LogP contribution in [0.3, 0.4) is 0 Å². The first-order valence-electron chi connectivity index (χ1n) is 8.38. The molecule has 1 aliphatic rings. The van der Waals surface area contributed by atoms with Gasteiger partial charge in [-0.25, -0.2) is 0 Å². The van der Waals surface area contributed by atoms with Crippen LogP contribution in [0, 0.1) is 0 Å². The van der Waals surface area contributed by atoms with Crippen LogP contribution in [0.4, 0.5) is 5.69 Å². The number of hydrogen-bond acceptors (Lipinski definition) is 5. The highest BCUT2D eigenvalue weighted by Gasteiger charge is 2.14. The maximum Gasteiger partial charge on any atom is 0.142 e. The van der Waals surface area contributed by atoms with Gasteiger partial charge in [-0.3, -0.25) is 0 Å². The first-order valence-corrected chi connectivity index (χ1v) is 8.38. The van der Waals surface area contributed by atoms with Gasteiger partial charge < -0.3 is 25.4 Å². The highest BCUT2D eigenvalue weighted by Crippen LogP contribution is 2.30. The second-order valence-electron chi connectivity index (χ2n) is 5.58. The second-order valence-corrected chi connectivity index (χ2v) is 5.58. The lowest BCUT2D eigenvalue weighted by molar-refractivity contribution is 0.286. The Kier molecular flexibility index (Phi) is 7.49. The summed E-state index contributed by atoms with van der Waals surface area (Å²) in [6.45, 7) is 8.79. The van der Waals surface area contributed by atoms with E-state index < -0.39 is 0 Å². The van der Waals surface area contributed by atoms with Crippen molar-refractivity contribution in [2.24, 2.45) is 0 Å². The Labute approximate surface area is 133 Å². The maximum absolute atomic E-state index is 8.81. The van der Waals surface area contributed by atoms with E-state index in [4.69, 9.17) is 9.84 Å². The Morgan fingerprint density at radius 2 is 2.23 bits per heavy atom. The third kappa shape index (κ3) is 5.16. The van der Waals surface area contributed by atoms with E-state index in [9.17, 15) is 0 Å². The van der Waals surface area contributed by atoms with Gasteiger partial charge in [0.25, 0.3) is 0 Å². The van der Waals surface area contributed by atoms with Crippen molar-refractivity contribution in [1.82, 2.24) is 10.6 Å². The molecule has 5 nitrogen and oxygen atoms in total. The van der Waals surface area contributed by atoms with Gasteiger partial charge in [-0.05, 0) is 50.6 Å². The topological polar surface area (TPSA) is 56.8 Å². The molecule has 1 aromatic carbocycles. The predicted octanol–water partition coefficient (Wildman–Crippen LogP) is 1.36. The molecular weight excluding hydrogens is 278 g/mol. The van der Waals surface area contributed by atoms with Gasteiger partial charge >= 0.3 is 0 Å². The normalized spacial score (nSPS) is 15.6. The zero-order valence-corrected chi connectivity index (χ0v) is 13.6. The molecule has 0 atom stereocenters. The highest BCUT2D eigenvalue weighted by molar-refractivity contribution is 5.60. The van der Waals surface area contributed by atoms with E-state index in [2.05, 4.69) is 33.7 Å². The fourth-order valence-electron chi connectivity index (χ4n) is 2.72. The van der Waals surface area contributed by atoms with Crippen molar-refractivity contribution in [2.75, 3.05) is 50.8 Å². The standard InChI is InChI=1S/C17H29N3O2/c1-2-22-17-13-15(14-19-8-4-12-21)5-6-16(17)20-10-3-7-18-9-11-20/h5-6,13,18-19,21H,2-4,7-12,14H2,1H3. The van der Waals surface area contributed by atoms with Crippen LogP contribution in [-0.4, -0.2) is 51.0 Å². The SMILES string of the molecule is CCOc1cc(CNCCCO)ccc1N1CCCNCC1. The molecule has 0 saturated carbocycles. The van der Waals surface area contributed by atoms with Gasteiger partial charge in [0, 0.05) is 32.8 Å². The van der Waals surface area contributed by atoms with Crippen molar-refractivity contribution in [2.45, 2.75) is 26.3 Å². The summed E-state index contributed by atoms with van der Waals surface area (Å²) in [5, 5.41) is 15.6. The molecule has 3 N–H and O–H groups in total. The quantitative estimate of drug-likeness (QED) is 0.633. The molecular formula is C17H29N3O2. The van der Waals surface area contributed by atoms with Crippen LogP contribution < -0.4 is 20.3 Å². The summed E-state index contributed by atoms with van der Waals surface area (Å²) >= 11 is 0. The van der Waals surface area contributed by atoms with Crippen LogP contribution in [0.2, 0.25) is 0 Å². The van der Waals surface area contributed by atoms with Gasteiger partial charge in [-0.1, -0.05) is 6.07 Å². The summed E-state index contributed by atoms with van der Waals surface area (Å²) in [7, 11) is 0. The molecule has 124 valence electrons. The lowest BCUT2D eigenvalue weighted by atomic mass is 10.1. The largest absolute Gasteiger partial charge is 0.492 e. The predicted molar refractivity (Wildman–Crippen MR) is 90.7 cm³/mol. The van der Waals surface area contributed by atoms with E-state index in [1.165, 1.54) is 11.3 Å². The van der Waals surface area contributed by atoms with Crippen LogP contribution in [0.5, 0.6) is 5.75 Å². The van der Waals surface area contributed by atoms with Gasteiger partial charge in [0.05, 0.1) is 12.3 Å². The number of nitrogens with one attached hydrogen (secondary N) is 2. The van der Waals surface area contributed by atoms with Crippen molar-refractivity contribution in [3.05, 3.63) is 23.8 Å². The van der Waals surface area contributed by atoms with Crippen molar-refractivity contribution >= 4 is 5.69 Å². The van der Waals surface area contributed by atoms with Crippen LogP contribution in [0.25, 0.3) is 0 Å². The Hall–Kier alpha value is -1.30. The summed E-state index contributed by atoms with van der Waals surface area (Å²) in [6.07, 6.45) is 1.95. The number of hydrogen-bond donors (Lipinski definition) is 3. The molecule has 1 aromatic rings. The molecule has 1 heterocycles. The molecule has 0 aromatic heterocycles. The first kappa shape index (κ1) is 17.1. The van der Waals surface area contributed by atoms with Gasteiger partial charge in [0.2, 0.25) is 0 Å². The highest BCUT2D eigenvalue weighted by atomic mass is 16.5. The zero-order valence-electron chi connectivity index (χ0n) is 13.6. The van der Waals surface area contributed by atoms with Crippen LogP contribution >= 0.6 is 0 Å². The zero-order chi connectivity index (χ0) is 15.6. The van der Waals surface area contributed by atoms with Crippen LogP contribution in [0.1, 0.15) is 25.3 Å². The number of nitrogens with zero attached hydrogens (tertiary/aromatic N) is 1. The fourth-order valence-corrected chi connectivity index (χ4v) is 2.72. The van der Waals surface area contributed by atoms with E-state index in [0.717, 1.165) is 57.9 Å². The average molecular weight is 307 g/mol. The molecule has 0 amide bonds. The lowest BCUT2D eigenvalue weighted by Gasteiger charge is -2.25. The molecule has 1 fully saturated rings. The van der Waals surface area contributed by atoms with Crippen molar-refractivity contribution < 1.29 is 9.84 Å². The number of benzene rings is 1. The number of aliphatic hydroxyl groups excluding tert-OH is 1. The van der Waals surface area contributed by atoms with E-state index in [-0.39, 0.29) is 6.61 Å². The van der Waals surface area contributed by atoms with E-state index >= 15 is 0 Å². The third-order valence-electron chi connectivity index (χ3n) is 3.85. The molecule has 0 bridgehead atoms. The lowest BCUT2D eigenvalue weighted by Crippen LogP contribution is -2.28. The molecule has 1 aliphatic heterocycles. The van der Waals surface area contributed by atoms with Gasteiger partial charge in [-0.2, -0.15) is 0 Å². The van der Waals surface area contributed by atoms with Crippen molar-refractivity contribution in [3.63, 3.8) is 0 Å². The van der Waals surface area contributed by atoms with Crippen molar-refractivity contribution in [1.29, 1.82) is 0 Å². The molecule has 0 radical (unpaired) electrons. The number of anilines is 1. The first-order chi connectivity index (χ1) is 10.8. The van der Waals surface area contributed by atoms with E-state index in [1.807, 2.05) is 6.92 Å². The molecule has 2 rings (SSSR count). The monoisotopic (exact) mass is 307 g/mol.